The fraction of sp³-hybridized carbons (Fsp3) is 0.294. The van der Waals surface area contributed by atoms with E-state index in [0.29, 0.717) is 11.3 Å². The molecule has 2 rings (SSSR count). The summed E-state index contributed by atoms with van der Waals surface area (Å²) in [6.07, 6.45) is 1.33. The molecule has 26 heavy (non-hydrogen) atoms. The van der Waals surface area contributed by atoms with E-state index in [2.05, 4.69) is 32.0 Å². The van der Waals surface area contributed by atoms with Crippen molar-refractivity contribution in [1.82, 2.24) is 4.57 Å². The minimum absolute atomic E-state index is 0.00347. The maximum Gasteiger partial charge on any atom is 0.339 e. The molecule has 0 amide bonds. The number of benzene rings is 1. The Morgan fingerprint density at radius 2 is 2.04 bits per heavy atom. The SMILES string of the molecule is Cc1cc(Br)ccc1Nc1c(C(=O)O)cn(C)c(=O)c1C.NOCCO. The first-order chi connectivity index (χ1) is 12.2. The van der Waals surface area contributed by atoms with Crippen LogP contribution in [-0.4, -0.2) is 34.0 Å². The van der Waals surface area contributed by atoms with Crippen LogP contribution in [0.1, 0.15) is 21.5 Å². The van der Waals surface area contributed by atoms with Crippen molar-refractivity contribution in [3.8, 4) is 0 Å². The Balaban J connectivity index is 0.000000597. The highest BCUT2D eigenvalue weighted by Crippen LogP contribution is 2.27. The van der Waals surface area contributed by atoms with Crippen LogP contribution in [0.5, 0.6) is 0 Å². The van der Waals surface area contributed by atoms with Crippen molar-refractivity contribution in [3.05, 3.63) is 55.9 Å². The normalized spacial score (nSPS) is 10.1. The van der Waals surface area contributed by atoms with E-state index in [1.807, 2.05) is 25.1 Å². The molecule has 0 unspecified atom stereocenters. The molecule has 1 aromatic heterocycles. The molecule has 5 N–H and O–H groups in total. The number of nitrogens with zero attached hydrogens (tertiary/aromatic N) is 1. The van der Waals surface area contributed by atoms with Crippen LogP contribution in [0.15, 0.2) is 33.7 Å². The topological polar surface area (TPSA) is 127 Å². The van der Waals surface area contributed by atoms with Crippen molar-refractivity contribution in [1.29, 1.82) is 0 Å². The van der Waals surface area contributed by atoms with Gasteiger partial charge in [0.1, 0.15) is 0 Å². The van der Waals surface area contributed by atoms with E-state index < -0.39 is 5.97 Å². The van der Waals surface area contributed by atoms with E-state index in [9.17, 15) is 14.7 Å². The number of aromatic carboxylic acids is 1. The number of aryl methyl sites for hydroxylation is 2. The summed E-state index contributed by atoms with van der Waals surface area (Å²) in [5.74, 6) is 3.40. The van der Waals surface area contributed by atoms with Crippen LogP contribution in [-0.2, 0) is 11.9 Å². The predicted octanol–water partition coefficient (Wildman–Crippen LogP) is 2.08. The van der Waals surface area contributed by atoms with Gasteiger partial charge in [-0.25, -0.2) is 10.7 Å². The lowest BCUT2D eigenvalue weighted by Crippen LogP contribution is -2.23. The molecule has 0 spiro atoms. The summed E-state index contributed by atoms with van der Waals surface area (Å²) in [5.41, 5.74) is 2.25. The van der Waals surface area contributed by atoms with Crippen LogP contribution >= 0.6 is 15.9 Å². The summed E-state index contributed by atoms with van der Waals surface area (Å²) in [6.45, 7) is 3.74. The first-order valence-corrected chi connectivity index (χ1v) is 8.41. The largest absolute Gasteiger partial charge is 0.478 e. The molecule has 0 atom stereocenters. The third kappa shape index (κ3) is 5.67. The van der Waals surface area contributed by atoms with E-state index in [-0.39, 0.29) is 24.3 Å². The van der Waals surface area contributed by atoms with Crippen LogP contribution in [0, 0.1) is 13.8 Å². The second-order valence-corrected chi connectivity index (χ2v) is 6.36. The number of rotatable bonds is 5. The van der Waals surface area contributed by atoms with Gasteiger partial charge in [0.05, 0.1) is 24.5 Å². The van der Waals surface area contributed by atoms with Crippen LogP contribution in [0.4, 0.5) is 11.4 Å². The molecule has 0 saturated carbocycles. The van der Waals surface area contributed by atoms with Crippen molar-refractivity contribution in [3.63, 3.8) is 0 Å². The molecular weight excluding hydrogens is 406 g/mol. The van der Waals surface area contributed by atoms with Gasteiger partial charge in [-0.2, -0.15) is 0 Å². The lowest BCUT2D eigenvalue weighted by molar-refractivity contribution is 0.0697. The van der Waals surface area contributed by atoms with Crippen molar-refractivity contribution < 1.29 is 19.8 Å². The number of hydrogen-bond acceptors (Lipinski definition) is 6. The quantitative estimate of drug-likeness (QED) is 0.537. The van der Waals surface area contributed by atoms with Gasteiger partial charge in [-0.15, -0.1) is 0 Å². The number of carbonyl (C=O) groups is 1. The third-order valence-electron chi connectivity index (χ3n) is 3.50. The highest BCUT2D eigenvalue weighted by atomic mass is 79.9. The molecule has 0 bridgehead atoms. The van der Waals surface area contributed by atoms with Crippen molar-refractivity contribution in [2.75, 3.05) is 18.5 Å². The molecule has 0 radical (unpaired) electrons. The summed E-state index contributed by atoms with van der Waals surface area (Å²) >= 11 is 3.38. The number of nitrogens with two attached hydrogens (primary N) is 1. The van der Waals surface area contributed by atoms with E-state index in [1.165, 1.54) is 17.8 Å². The molecule has 2 aromatic rings. The zero-order valence-electron chi connectivity index (χ0n) is 14.7. The second-order valence-electron chi connectivity index (χ2n) is 5.44. The Hall–Kier alpha value is -2.20. The predicted molar refractivity (Wildman–Crippen MR) is 103 cm³/mol. The smallest absolute Gasteiger partial charge is 0.339 e. The van der Waals surface area contributed by atoms with Gasteiger partial charge in [0.2, 0.25) is 0 Å². The number of aliphatic hydroxyl groups excluding tert-OH is 1. The molecular formula is C17H22BrN3O5. The molecule has 142 valence electrons. The molecule has 0 aliphatic carbocycles. The molecule has 0 fully saturated rings. The van der Waals surface area contributed by atoms with Gasteiger partial charge >= 0.3 is 5.97 Å². The summed E-state index contributed by atoms with van der Waals surface area (Å²) < 4.78 is 2.21. The Morgan fingerprint density at radius 1 is 1.38 bits per heavy atom. The molecule has 1 aromatic carbocycles. The maximum atomic E-state index is 12.0. The van der Waals surface area contributed by atoms with Crippen LogP contribution in [0.25, 0.3) is 0 Å². The minimum Gasteiger partial charge on any atom is -0.478 e. The van der Waals surface area contributed by atoms with Gasteiger partial charge in [0.15, 0.2) is 0 Å². The van der Waals surface area contributed by atoms with Gasteiger partial charge in [-0.1, -0.05) is 15.9 Å². The lowest BCUT2D eigenvalue weighted by Gasteiger charge is -2.15. The highest BCUT2D eigenvalue weighted by Gasteiger charge is 2.17. The van der Waals surface area contributed by atoms with E-state index in [1.54, 1.807) is 6.92 Å². The van der Waals surface area contributed by atoms with E-state index in [4.69, 9.17) is 5.11 Å². The first kappa shape index (κ1) is 21.8. The number of aliphatic hydroxyl groups is 1. The molecule has 0 aliphatic rings. The van der Waals surface area contributed by atoms with Gasteiger partial charge in [0.25, 0.3) is 5.56 Å². The van der Waals surface area contributed by atoms with Crippen molar-refractivity contribution >= 4 is 33.3 Å². The summed E-state index contributed by atoms with van der Waals surface area (Å²) in [4.78, 5) is 27.4. The Morgan fingerprint density at radius 3 is 2.50 bits per heavy atom. The summed E-state index contributed by atoms with van der Waals surface area (Å²) in [5, 5.41) is 20.3. The van der Waals surface area contributed by atoms with Crippen LogP contribution < -0.4 is 16.8 Å². The monoisotopic (exact) mass is 427 g/mol. The molecule has 1 heterocycles. The Bertz CT molecular complexity index is 834. The highest BCUT2D eigenvalue weighted by molar-refractivity contribution is 9.10. The van der Waals surface area contributed by atoms with Crippen molar-refractivity contribution in [2.45, 2.75) is 13.8 Å². The Kier molecular flexibility index (Phi) is 8.46. The number of halogens is 1. The average molecular weight is 428 g/mol. The van der Waals surface area contributed by atoms with Crippen molar-refractivity contribution in [2.24, 2.45) is 12.9 Å². The van der Waals surface area contributed by atoms with Crippen LogP contribution in [0.3, 0.4) is 0 Å². The number of carboxylic acid groups (broad SMARTS) is 1. The van der Waals surface area contributed by atoms with Gasteiger partial charge in [-0.3, -0.25) is 4.79 Å². The van der Waals surface area contributed by atoms with Gasteiger partial charge < -0.3 is 24.9 Å². The molecule has 0 saturated heterocycles. The zero-order valence-corrected chi connectivity index (χ0v) is 16.3. The first-order valence-electron chi connectivity index (χ1n) is 7.62. The Labute approximate surface area is 159 Å². The minimum atomic E-state index is -1.08. The standard InChI is InChI=1S/C15H15BrN2O3.C2H7NO2/c1-8-6-10(16)4-5-12(8)17-13-9(2)14(19)18(3)7-11(13)15(20)21;3-5-2-1-4/h4-7,17H,1-3H3,(H,20,21);4H,1-3H2. The fourth-order valence-electron chi connectivity index (χ4n) is 2.17. The zero-order chi connectivity index (χ0) is 19.9. The fourth-order valence-corrected chi connectivity index (χ4v) is 2.64. The van der Waals surface area contributed by atoms with Gasteiger partial charge in [0, 0.05) is 29.0 Å². The second kappa shape index (κ2) is 10.1. The number of aromatic nitrogens is 1. The van der Waals surface area contributed by atoms with Crippen LogP contribution in [0.2, 0.25) is 0 Å². The molecule has 9 heteroatoms. The van der Waals surface area contributed by atoms with E-state index >= 15 is 0 Å². The molecule has 8 nitrogen and oxygen atoms in total. The lowest BCUT2D eigenvalue weighted by atomic mass is 10.1. The number of anilines is 2. The number of nitrogens with one attached hydrogen (secondary N) is 1. The molecule has 0 aliphatic heterocycles. The van der Waals surface area contributed by atoms with Gasteiger partial charge in [-0.05, 0) is 37.6 Å². The maximum absolute atomic E-state index is 12.0. The average Bonchev–Trinajstić information content (AvgIpc) is 2.58. The summed E-state index contributed by atoms with van der Waals surface area (Å²) in [7, 11) is 1.54. The number of hydrogen-bond donors (Lipinski definition) is 4. The van der Waals surface area contributed by atoms with E-state index in [0.717, 1.165) is 15.7 Å². The third-order valence-corrected chi connectivity index (χ3v) is 3.99. The summed E-state index contributed by atoms with van der Waals surface area (Å²) in [6, 6.07) is 5.60. The number of carboxylic acids is 1. The number of pyridine rings is 1.